The Kier molecular flexibility index (Phi) is 2.65. The summed E-state index contributed by atoms with van der Waals surface area (Å²) >= 11 is 0. The van der Waals surface area contributed by atoms with Gasteiger partial charge in [-0.3, -0.25) is 4.79 Å². The molecule has 0 aliphatic carbocycles. The molecule has 0 spiro atoms. The van der Waals surface area contributed by atoms with E-state index < -0.39 is 0 Å². The van der Waals surface area contributed by atoms with Crippen LogP contribution in [0.2, 0.25) is 0 Å². The molecule has 1 amide bonds. The lowest BCUT2D eigenvalue weighted by atomic mass is 9.68. The summed E-state index contributed by atoms with van der Waals surface area (Å²) in [5.74, 6) is 2.11. The minimum absolute atomic E-state index is 0.461. The Balaban J connectivity index is 1.66. The number of rotatable bonds is 0. The van der Waals surface area contributed by atoms with Crippen LogP contribution in [0.5, 0.6) is 0 Å². The number of hydrogen-bond acceptors (Lipinski definition) is 1. The van der Waals surface area contributed by atoms with Crippen molar-refractivity contribution in [2.75, 3.05) is 19.6 Å². The molecule has 100 valence electrons. The molecular weight excluding hydrogens is 224 g/mol. The molecule has 18 heavy (non-hydrogen) atoms. The van der Waals surface area contributed by atoms with Gasteiger partial charge < -0.3 is 9.80 Å². The quantitative estimate of drug-likeness (QED) is 0.662. The number of nitrogens with zero attached hydrogens (tertiary/aromatic N) is 1. The first-order valence-corrected chi connectivity index (χ1v) is 7.98. The molecule has 1 N–H and O–H groups in total. The molecule has 0 aromatic rings. The number of fused-ring (bicyclic) bond motifs is 2. The highest BCUT2D eigenvalue weighted by molar-refractivity contribution is 5.77. The van der Waals surface area contributed by atoms with Crippen molar-refractivity contribution in [3.8, 4) is 0 Å². The maximum absolute atomic E-state index is 12.2. The van der Waals surface area contributed by atoms with Gasteiger partial charge in [-0.1, -0.05) is 0 Å². The van der Waals surface area contributed by atoms with Crippen LogP contribution in [0.3, 0.4) is 0 Å². The molecule has 4 aliphatic rings. The van der Waals surface area contributed by atoms with E-state index in [1.54, 1.807) is 0 Å². The fraction of sp³-hybridized carbons (Fsp3) is 0.933. The number of carbonyl (C=O) groups is 1. The highest BCUT2D eigenvalue weighted by atomic mass is 16.2. The number of piperidine rings is 4. The first-order chi connectivity index (χ1) is 8.84. The van der Waals surface area contributed by atoms with Gasteiger partial charge in [0.1, 0.15) is 0 Å². The Morgan fingerprint density at radius 2 is 1.89 bits per heavy atom. The largest absolute Gasteiger partial charge is 0.339 e. The van der Waals surface area contributed by atoms with Crippen LogP contribution in [-0.4, -0.2) is 42.5 Å². The molecule has 4 fully saturated rings. The van der Waals surface area contributed by atoms with Crippen molar-refractivity contribution in [1.82, 2.24) is 4.90 Å². The van der Waals surface area contributed by atoms with Crippen LogP contribution in [0.4, 0.5) is 0 Å². The van der Waals surface area contributed by atoms with Crippen LogP contribution in [-0.2, 0) is 4.79 Å². The summed E-state index contributed by atoms with van der Waals surface area (Å²) in [5, 5.41) is 0. The molecule has 0 saturated carbocycles. The minimum atomic E-state index is 0.461. The molecule has 4 aliphatic heterocycles. The zero-order valence-corrected chi connectivity index (χ0v) is 11.2. The maximum Gasteiger partial charge on any atom is 0.222 e. The standard InChI is InChI=1S/C15H24N2O/c18-14-7-1-6-13-12-5-3-9-16-8-2-4-11(15(12)16)10-17(13)14/h11-13,15H,1-10H2/p+1/t11-,12+,13-,15-/m1/s1. The predicted molar refractivity (Wildman–Crippen MR) is 69.3 cm³/mol. The van der Waals surface area contributed by atoms with Crippen molar-refractivity contribution in [3.05, 3.63) is 0 Å². The van der Waals surface area contributed by atoms with E-state index in [0.29, 0.717) is 11.9 Å². The molecule has 0 bridgehead atoms. The van der Waals surface area contributed by atoms with Gasteiger partial charge in [0.05, 0.1) is 19.1 Å². The summed E-state index contributed by atoms with van der Waals surface area (Å²) in [4.78, 5) is 16.4. The number of quaternary nitrogens is 1. The summed E-state index contributed by atoms with van der Waals surface area (Å²) < 4.78 is 0. The van der Waals surface area contributed by atoms with Crippen molar-refractivity contribution in [1.29, 1.82) is 0 Å². The third-order valence-electron chi connectivity index (χ3n) is 6.09. The van der Waals surface area contributed by atoms with Gasteiger partial charge in [0.25, 0.3) is 0 Å². The predicted octanol–water partition coefficient (Wildman–Crippen LogP) is 0.455. The average Bonchev–Trinajstić information content (AvgIpc) is 2.41. The zero-order valence-electron chi connectivity index (χ0n) is 11.2. The molecule has 4 saturated heterocycles. The van der Waals surface area contributed by atoms with Crippen molar-refractivity contribution in [2.45, 2.75) is 57.0 Å². The van der Waals surface area contributed by atoms with E-state index in [1.807, 2.05) is 4.90 Å². The van der Waals surface area contributed by atoms with E-state index in [4.69, 9.17) is 0 Å². The van der Waals surface area contributed by atoms with Crippen molar-refractivity contribution in [2.24, 2.45) is 11.8 Å². The number of amides is 1. The summed E-state index contributed by atoms with van der Waals surface area (Å²) in [5.41, 5.74) is 0. The van der Waals surface area contributed by atoms with Crippen LogP contribution in [0.1, 0.15) is 44.9 Å². The van der Waals surface area contributed by atoms with Crippen molar-refractivity contribution >= 4 is 5.91 Å². The second-order valence-corrected chi connectivity index (χ2v) is 6.90. The van der Waals surface area contributed by atoms with Crippen LogP contribution in [0, 0.1) is 11.8 Å². The van der Waals surface area contributed by atoms with Crippen molar-refractivity contribution < 1.29 is 9.69 Å². The second kappa shape index (κ2) is 4.22. The molecule has 4 rings (SSSR count). The van der Waals surface area contributed by atoms with E-state index >= 15 is 0 Å². The second-order valence-electron chi connectivity index (χ2n) is 6.90. The molecular formula is C15H25N2O+. The fourth-order valence-electron chi connectivity index (χ4n) is 5.48. The van der Waals surface area contributed by atoms with E-state index in [0.717, 1.165) is 37.3 Å². The van der Waals surface area contributed by atoms with Crippen LogP contribution in [0.15, 0.2) is 0 Å². The molecule has 3 heteroatoms. The van der Waals surface area contributed by atoms with Crippen LogP contribution >= 0.6 is 0 Å². The Bertz CT molecular complexity index is 354. The lowest BCUT2D eigenvalue weighted by molar-refractivity contribution is -0.946. The Hall–Kier alpha value is -0.570. The average molecular weight is 249 g/mol. The monoisotopic (exact) mass is 249 g/mol. The fourth-order valence-corrected chi connectivity index (χ4v) is 5.48. The molecule has 1 unspecified atom stereocenters. The molecule has 0 radical (unpaired) electrons. The molecule has 4 heterocycles. The molecule has 3 nitrogen and oxygen atoms in total. The summed E-state index contributed by atoms with van der Waals surface area (Å²) in [6, 6.07) is 1.51. The lowest BCUT2D eigenvalue weighted by Crippen LogP contribution is -3.20. The van der Waals surface area contributed by atoms with Gasteiger partial charge in [-0.2, -0.15) is 0 Å². The Morgan fingerprint density at radius 1 is 1.06 bits per heavy atom. The zero-order chi connectivity index (χ0) is 12.1. The first kappa shape index (κ1) is 11.3. The molecule has 0 aromatic heterocycles. The first-order valence-electron chi connectivity index (χ1n) is 7.98. The molecule has 0 aromatic carbocycles. The van der Waals surface area contributed by atoms with E-state index in [1.165, 1.54) is 45.2 Å². The number of carbonyl (C=O) groups excluding carboxylic acids is 1. The van der Waals surface area contributed by atoms with Crippen molar-refractivity contribution in [3.63, 3.8) is 0 Å². The maximum atomic E-state index is 12.2. The summed E-state index contributed by atoms with van der Waals surface area (Å²) in [7, 11) is 0. The van der Waals surface area contributed by atoms with Crippen LogP contribution < -0.4 is 4.90 Å². The van der Waals surface area contributed by atoms with Gasteiger partial charge in [-0.25, -0.2) is 0 Å². The van der Waals surface area contributed by atoms with Gasteiger partial charge in [-0.05, 0) is 38.5 Å². The number of nitrogens with one attached hydrogen (secondary N) is 1. The van der Waals surface area contributed by atoms with Gasteiger partial charge in [0.2, 0.25) is 5.91 Å². The Morgan fingerprint density at radius 3 is 2.78 bits per heavy atom. The Labute approximate surface area is 110 Å². The summed E-state index contributed by atoms with van der Waals surface area (Å²) in [6.45, 7) is 3.89. The smallest absolute Gasteiger partial charge is 0.222 e. The minimum Gasteiger partial charge on any atom is -0.339 e. The normalized spacial score (nSPS) is 47.4. The van der Waals surface area contributed by atoms with E-state index in [-0.39, 0.29) is 0 Å². The SMILES string of the molecule is O=C1CCC[C@@H]2[C@@H]3CCC[NH+]4CCC[C@H](CN12)[C@H]34. The third kappa shape index (κ3) is 1.56. The topological polar surface area (TPSA) is 24.8 Å². The molecule has 5 atom stereocenters. The van der Waals surface area contributed by atoms with E-state index in [2.05, 4.69) is 4.90 Å². The summed E-state index contributed by atoms with van der Waals surface area (Å²) in [6.07, 6.45) is 8.78. The highest BCUT2D eigenvalue weighted by Gasteiger charge is 2.52. The third-order valence-corrected chi connectivity index (χ3v) is 6.09. The number of hydrogen-bond donors (Lipinski definition) is 1. The van der Waals surface area contributed by atoms with Gasteiger partial charge in [-0.15, -0.1) is 0 Å². The van der Waals surface area contributed by atoms with Gasteiger partial charge in [0.15, 0.2) is 0 Å². The van der Waals surface area contributed by atoms with Gasteiger partial charge >= 0.3 is 0 Å². The highest BCUT2D eigenvalue weighted by Crippen LogP contribution is 2.39. The lowest BCUT2D eigenvalue weighted by Gasteiger charge is -2.56. The van der Waals surface area contributed by atoms with Gasteiger partial charge in [0, 0.05) is 30.8 Å². The van der Waals surface area contributed by atoms with Crippen LogP contribution in [0.25, 0.3) is 0 Å². The van der Waals surface area contributed by atoms with E-state index in [9.17, 15) is 4.79 Å².